The Labute approximate surface area is 225 Å². The summed E-state index contributed by atoms with van der Waals surface area (Å²) in [5.74, 6) is 1.24. The van der Waals surface area contributed by atoms with Gasteiger partial charge in [-0.2, -0.15) is 0 Å². The number of piperazine rings is 1. The molecule has 1 aromatic heterocycles. The summed E-state index contributed by atoms with van der Waals surface area (Å²) < 4.78 is 0. The van der Waals surface area contributed by atoms with Crippen LogP contribution >= 0.6 is 23.4 Å². The summed E-state index contributed by atoms with van der Waals surface area (Å²) in [6.45, 7) is 11.5. The summed E-state index contributed by atoms with van der Waals surface area (Å²) in [4.78, 5) is 40.6. The molecule has 1 N–H and O–H groups in total. The molecule has 1 aromatic rings. The molecule has 3 heterocycles. The number of thioether (sulfide) groups is 1. The quantitative estimate of drug-likeness (QED) is 0.185. The number of rotatable bonds is 12. The molecule has 0 bridgehead atoms. The minimum absolute atomic E-state index is 0.0133. The second-order valence-electron chi connectivity index (χ2n) is 10.0. The molecule has 2 unspecified atom stereocenters. The summed E-state index contributed by atoms with van der Waals surface area (Å²) in [7, 11) is 0. The predicted octanol–water partition coefficient (Wildman–Crippen LogP) is 4.22. The number of hydrogen-bond acceptors (Lipinski definition) is 7. The van der Waals surface area contributed by atoms with Gasteiger partial charge in [-0.05, 0) is 46.1 Å². The minimum atomic E-state index is -0.0133. The highest BCUT2D eigenvalue weighted by Gasteiger charge is 2.28. The van der Waals surface area contributed by atoms with Gasteiger partial charge >= 0.3 is 0 Å². The number of carbonyl (C=O) groups excluding carboxylic acids is 2. The molecule has 8 nitrogen and oxygen atoms in total. The molecule has 2 aliphatic rings. The number of nitrogens with one attached hydrogen (secondary N) is 1. The average molecular weight is 539 g/mol. The Morgan fingerprint density at radius 2 is 1.94 bits per heavy atom. The molecule has 0 spiro atoms. The van der Waals surface area contributed by atoms with Gasteiger partial charge in [0, 0.05) is 57.3 Å². The number of piperidine rings is 1. The summed E-state index contributed by atoms with van der Waals surface area (Å²) >= 11 is 7.60. The van der Waals surface area contributed by atoms with Gasteiger partial charge in [-0.1, -0.05) is 49.5 Å². The zero-order valence-electron chi connectivity index (χ0n) is 22.2. The normalized spacial score (nSPS) is 21.0. The summed E-state index contributed by atoms with van der Waals surface area (Å²) in [6, 6.07) is 2.52. The second kappa shape index (κ2) is 15.0. The Kier molecular flexibility index (Phi) is 12.1. The molecule has 202 valence electrons. The molecule has 2 saturated heterocycles. The molecule has 0 saturated carbocycles. The maximum Gasteiger partial charge on any atom is 0.230 e. The summed E-state index contributed by atoms with van der Waals surface area (Å²) in [5, 5.41) is 3.88. The van der Waals surface area contributed by atoms with Crippen LogP contribution in [0.5, 0.6) is 0 Å². The van der Waals surface area contributed by atoms with Crippen molar-refractivity contribution in [1.29, 1.82) is 0 Å². The molecule has 2 fully saturated rings. The Morgan fingerprint density at radius 1 is 1.11 bits per heavy atom. The van der Waals surface area contributed by atoms with Crippen molar-refractivity contribution in [1.82, 2.24) is 25.1 Å². The van der Waals surface area contributed by atoms with Gasteiger partial charge in [0.1, 0.15) is 11.0 Å². The predicted molar refractivity (Wildman–Crippen MR) is 148 cm³/mol. The van der Waals surface area contributed by atoms with Gasteiger partial charge in [0.25, 0.3) is 0 Å². The van der Waals surface area contributed by atoms with Crippen molar-refractivity contribution in [2.45, 2.75) is 89.4 Å². The molecule has 2 aliphatic heterocycles. The van der Waals surface area contributed by atoms with E-state index in [2.05, 4.69) is 45.9 Å². The van der Waals surface area contributed by atoms with E-state index in [9.17, 15) is 9.59 Å². The van der Waals surface area contributed by atoms with E-state index < -0.39 is 0 Å². The minimum Gasteiger partial charge on any atom is -0.355 e. The van der Waals surface area contributed by atoms with Crippen LogP contribution in [0.4, 0.5) is 5.82 Å². The van der Waals surface area contributed by atoms with Gasteiger partial charge in [-0.25, -0.2) is 9.97 Å². The zero-order chi connectivity index (χ0) is 25.9. The molecule has 2 amide bonds. The van der Waals surface area contributed by atoms with Crippen LogP contribution < -0.4 is 10.2 Å². The van der Waals surface area contributed by atoms with Crippen molar-refractivity contribution in [2.75, 3.05) is 49.9 Å². The van der Waals surface area contributed by atoms with Crippen LogP contribution in [0, 0.1) is 0 Å². The first-order valence-electron chi connectivity index (χ1n) is 13.6. The Morgan fingerprint density at radius 3 is 2.69 bits per heavy atom. The van der Waals surface area contributed by atoms with Gasteiger partial charge in [-0.3, -0.25) is 9.59 Å². The lowest BCUT2D eigenvalue weighted by Crippen LogP contribution is -2.54. The molecule has 3 rings (SSSR count). The second-order valence-corrected chi connectivity index (χ2v) is 11.4. The first-order chi connectivity index (χ1) is 17.4. The average Bonchev–Trinajstić information content (AvgIpc) is 2.86. The van der Waals surface area contributed by atoms with E-state index in [1.54, 1.807) is 6.07 Å². The van der Waals surface area contributed by atoms with Crippen LogP contribution in [-0.2, 0) is 9.59 Å². The largest absolute Gasteiger partial charge is 0.355 e. The highest BCUT2D eigenvalue weighted by Crippen LogP contribution is 2.24. The monoisotopic (exact) mass is 538 g/mol. The summed E-state index contributed by atoms with van der Waals surface area (Å²) in [5.41, 5.74) is 0. The highest BCUT2D eigenvalue weighted by atomic mass is 35.5. The van der Waals surface area contributed by atoms with Crippen LogP contribution in [0.25, 0.3) is 0 Å². The van der Waals surface area contributed by atoms with E-state index in [0.717, 1.165) is 38.0 Å². The molecule has 36 heavy (non-hydrogen) atoms. The van der Waals surface area contributed by atoms with Crippen LogP contribution in [0.1, 0.15) is 72.1 Å². The number of likely N-dealkylation sites (tertiary alicyclic amines) is 1. The fourth-order valence-corrected chi connectivity index (χ4v) is 5.91. The Balaban J connectivity index is 1.42. The number of anilines is 1. The van der Waals surface area contributed by atoms with Gasteiger partial charge in [0.05, 0.1) is 5.75 Å². The highest BCUT2D eigenvalue weighted by molar-refractivity contribution is 7.99. The first kappa shape index (κ1) is 29.0. The molecule has 0 aliphatic carbocycles. The van der Waals surface area contributed by atoms with Gasteiger partial charge in [0.15, 0.2) is 5.16 Å². The molecule has 0 aromatic carbocycles. The SMILES string of the molecule is CCCCCC(=O)N1CCN(c2cc(Cl)nc(SCC(=O)NCCCN3CCCCC3C)n2)CC1C. The van der Waals surface area contributed by atoms with Crippen LogP contribution in [0.15, 0.2) is 11.2 Å². The number of unbranched alkanes of at least 4 members (excludes halogenated alkanes) is 2. The van der Waals surface area contributed by atoms with Crippen LogP contribution in [-0.4, -0.2) is 88.7 Å². The lowest BCUT2D eigenvalue weighted by Gasteiger charge is -2.40. The third-order valence-electron chi connectivity index (χ3n) is 7.14. The van der Waals surface area contributed by atoms with E-state index in [-0.39, 0.29) is 23.6 Å². The standard InChI is InChI=1S/C26H43ClN6O2S/c1-4-5-6-11-25(35)33-16-15-32(18-21(33)3)23-17-22(27)29-26(30-23)36-19-24(34)28-12-9-14-31-13-8-7-10-20(31)2/h17,20-21H,4-16,18-19H2,1-3H3,(H,28,34). The fourth-order valence-electron chi connectivity index (χ4n) is 5.00. The van der Waals surface area contributed by atoms with Crippen molar-refractivity contribution in [2.24, 2.45) is 0 Å². The van der Waals surface area contributed by atoms with E-state index in [0.29, 0.717) is 49.0 Å². The van der Waals surface area contributed by atoms with Crippen LogP contribution in [0.2, 0.25) is 5.15 Å². The smallest absolute Gasteiger partial charge is 0.230 e. The molecular formula is C26H43ClN6O2S. The topological polar surface area (TPSA) is 81.7 Å². The van der Waals surface area contributed by atoms with E-state index in [1.165, 1.54) is 37.6 Å². The van der Waals surface area contributed by atoms with Crippen molar-refractivity contribution in [3.05, 3.63) is 11.2 Å². The van der Waals surface area contributed by atoms with Gasteiger partial charge in [-0.15, -0.1) is 0 Å². The first-order valence-corrected chi connectivity index (χ1v) is 15.0. The molecule has 2 atom stereocenters. The van der Waals surface area contributed by atoms with Crippen molar-refractivity contribution >= 4 is 41.0 Å². The van der Waals surface area contributed by atoms with E-state index in [4.69, 9.17) is 11.6 Å². The number of carbonyl (C=O) groups is 2. The summed E-state index contributed by atoms with van der Waals surface area (Å²) in [6.07, 6.45) is 8.63. The number of halogens is 1. The third kappa shape index (κ3) is 9.06. The van der Waals surface area contributed by atoms with Crippen LogP contribution in [0.3, 0.4) is 0 Å². The van der Waals surface area contributed by atoms with E-state index in [1.807, 2.05) is 4.90 Å². The molecular weight excluding hydrogens is 496 g/mol. The Bertz CT molecular complexity index is 860. The molecule has 10 heteroatoms. The van der Waals surface area contributed by atoms with Crippen molar-refractivity contribution in [3.8, 4) is 0 Å². The maximum atomic E-state index is 12.6. The van der Waals surface area contributed by atoms with Gasteiger partial charge < -0.3 is 20.0 Å². The fraction of sp³-hybridized carbons (Fsp3) is 0.769. The van der Waals surface area contributed by atoms with E-state index >= 15 is 0 Å². The number of nitrogens with zero attached hydrogens (tertiary/aromatic N) is 5. The number of amides is 2. The number of aromatic nitrogens is 2. The maximum absolute atomic E-state index is 12.6. The van der Waals surface area contributed by atoms with Crippen molar-refractivity contribution in [3.63, 3.8) is 0 Å². The third-order valence-corrected chi connectivity index (χ3v) is 8.19. The zero-order valence-corrected chi connectivity index (χ0v) is 23.7. The lowest BCUT2D eigenvalue weighted by molar-refractivity contribution is -0.133. The Hall–Kier alpha value is -1.58. The lowest BCUT2D eigenvalue weighted by atomic mass is 10.0. The number of hydrogen-bond donors (Lipinski definition) is 1. The molecule has 0 radical (unpaired) electrons. The van der Waals surface area contributed by atoms with Gasteiger partial charge in [0.2, 0.25) is 11.8 Å². The van der Waals surface area contributed by atoms with Crippen molar-refractivity contribution < 1.29 is 9.59 Å².